The van der Waals surface area contributed by atoms with Crippen molar-refractivity contribution in [1.29, 1.82) is 0 Å². The number of aliphatic hydroxyl groups is 1. The van der Waals surface area contributed by atoms with Gasteiger partial charge in [0.15, 0.2) is 6.17 Å². The summed E-state index contributed by atoms with van der Waals surface area (Å²) in [5, 5.41) is 11.5. The molecule has 1 saturated heterocycles. The number of rotatable bonds is 5. The predicted molar refractivity (Wildman–Crippen MR) is 171 cm³/mol. The van der Waals surface area contributed by atoms with Crippen LogP contribution in [-0.2, 0) is 12.6 Å². The maximum atomic E-state index is 17.1. The molecule has 2 fully saturated rings. The Balaban J connectivity index is 1.47. The topological polar surface area (TPSA) is 62.1 Å². The molecule has 0 amide bonds. The summed E-state index contributed by atoms with van der Waals surface area (Å²) in [6.07, 6.45) is -2.24. The van der Waals surface area contributed by atoms with E-state index < -0.39 is 35.9 Å². The molecule has 1 aliphatic heterocycles. The fourth-order valence-electron chi connectivity index (χ4n) is 7.54. The van der Waals surface area contributed by atoms with E-state index in [0.717, 1.165) is 27.8 Å². The fraction of sp³-hybridized carbons (Fsp3) is 0.559. The van der Waals surface area contributed by atoms with E-state index in [2.05, 4.69) is 37.5 Å². The molecule has 0 radical (unpaired) electrons. The molecule has 3 aromatic rings. The Kier molecular flexibility index (Phi) is 9.10. The van der Waals surface area contributed by atoms with Gasteiger partial charge in [-0.25, -0.2) is 23.1 Å². The summed E-state index contributed by atoms with van der Waals surface area (Å²) in [6, 6.07) is 4.02. The fourth-order valence-corrected chi connectivity index (χ4v) is 7.82. The minimum absolute atomic E-state index is 0.0359. The molecular weight excluding hydrogens is 721 g/mol. The lowest BCUT2D eigenvalue weighted by Crippen LogP contribution is -2.36. The van der Waals surface area contributed by atoms with Gasteiger partial charge in [0, 0.05) is 64.6 Å². The maximum absolute atomic E-state index is 17.1. The number of anilines is 1. The molecule has 248 valence electrons. The van der Waals surface area contributed by atoms with Gasteiger partial charge in [-0.05, 0) is 95.7 Å². The van der Waals surface area contributed by atoms with E-state index in [1.807, 2.05) is 13.8 Å². The minimum atomic E-state index is -4.58. The van der Waals surface area contributed by atoms with Gasteiger partial charge in [0.2, 0.25) is 11.9 Å². The van der Waals surface area contributed by atoms with Crippen LogP contribution >= 0.6 is 22.6 Å². The number of hydrogen-bond acceptors (Lipinski definition) is 5. The molecule has 2 aliphatic carbocycles. The van der Waals surface area contributed by atoms with Crippen LogP contribution < -0.4 is 4.90 Å². The van der Waals surface area contributed by atoms with E-state index in [4.69, 9.17) is 4.98 Å². The molecule has 2 aromatic heterocycles. The summed E-state index contributed by atoms with van der Waals surface area (Å²) >= 11 is 2.14. The Morgan fingerprint density at radius 2 is 1.54 bits per heavy atom. The highest BCUT2D eigenvalue weighted by Gasteiger charge is 2.43. The third-order valence-corrected chi connectivity index (χ3v) is 10.4. The van der Waals surface area contributed by atoms with Crippen LogP contribution in [0.2, 0.25) is 0 Å². The largest absolute Gasteiger partial charge is 0.416 e. The standard InChI is InChI=1S/C34H37F6IN4O/c1-32(2)15-24-27(25(46)16-32)26(19-7-11-33(36,37)12-8-19)28(29(35)20-3-5-22(6-4-20)34(38,39)40)30(44-24)21-9-13-45(14-10-21)31-42-17-23(41)18-43-31/h3-6,17-19,21,25,29,46H,7-16H2,1-2H3. The highest BCUT2D eigenvalue weighted by molar-refractivity contribution is 14.1. The van der Waals surface area contributed by atoms with Gasteiger partial charge in [-0.3, -0.25) is 4.98 Å². The molecule has 2 unspecified atom stereocenters. The van der Waals surface area contributed by atoms with Crippen molar-refractivity contribution in [2.24, 2.45) is 5.41 Å². The average Bonchev–Trinajstić information content (AvgIpc) is 2.99. The molecule has 0 bridgehead atoms. The van der Waals surface area contributed by atoms with Gasteiger partial charge >= 0.3 is 6.18 Å². The molecule has 46 heavy (non-hydrogen) atoms. The van der Waals surface area contributed by atoms with Gasteiger partial charge in [0.05, 0.1) is 17.4 Å². The number of fused-ring (bicyclic) bond motifs is 1. The van der Waals surface area contributed by atoms with Crippen LogP contribution in [0.1, 0.15) is 122 Å². The summed E-state index contributed by atoms with van der Waals surface area (Å²) in [6.45, 7) is 5.24. The number of nitrogens with zero attached hydrogens (tertiary/aromatic N) is 4. The highest BCUT2D eigenvalue weighted by Crippen LogP contribution is 2.52. The third-order valence-electron chi connectivity index (χ3n) is 9.83. The molecule has 1 aromatic carbocycles. The average molecular weight is 759 g/mol. The Morgan fingerprint density at radius 1 is 0.935 bits per heavy atom. The van der Waals surface area contributed by atoms with Crippen molar-refractivity contribution in [3.63, 3.8) is 0 Å². The molecule has 2 atom stereocenters. The quantitative estimate of drug-likeness (QED) is 0.208. The number of pyridine rings is 1. The number of aromatic nitrogens is 3. The Morgan fingerprint density at radius 3 is 2.13 bits per heavy atom. The van der Waals surface area contributed by atoms with Gasteiger partial charge in [-0.2, -0.15) is 13.2 Å². The summed E-state index contributed by atoms with van der Waals surface area (Å²) in [5.74, 6) is -2.85. The van der Waals surface area contributed by atoms with Gasteiger partial charge in [0.1, 0.15) is 0 Å². The highest BCUT2D eigenvalue weighted by atomic mass is 127. The first kappa shape index (κ1) is 33.4. The first-order valence-electron chi connectivity index (χ1n) is 15.8. The molecule has 6 rings (SSSR count). The van der Waals surface area contributed by atoms with E-state index in [0.29, 0.717) is 67.2 Å². The number of benzene rings is 1. The van der Waals surface area contributed by atoms with Gasteiger partial charge in [-0.1, -0.05) is 26.0 Å². The smallest absolute Gasteiger partial charge is 0.388 e. The predicted octanol–water partition coefficient (Wildman–Crippen LogP) is 9.24. The van der Waals surface area contributed by atoms with Crippen molar-refractivity contribution in [3.8, 4) is 0 Å². The number of hydrogen-bond donors (Lipinski definition) is 1. The second-order valence-electron chi connectivity index (χ2n) is 13.8. The second kappa shape index (κ2) is 12.5. The van der Waals surface area contributed by atoms with Crippen LogP contribution in [0.5, 0.6) is 0 Å². The zero-order chi connectivity index (χ0) is 33.0. The van der Waals surface area contributed by atoms with Crippen molar-refractivity contribution < 1.29 is 31.4 Å². The lowest BCUT2D eigenvalue weighted by atomic mass is 9.68. The molecule has 1 N–H and O–H groups in total. The van der Waals surface area contributed by atoms with Gasteiger partial charge in [-0.15, -0.1) is 0 Å². The summed E-state index contributed by atoms with van der Waals surface area (Å²) in [5.41, 5.74) is 1.34. The van der Waals surface area contributed by atoms with Crippen molar-refractivity contribution in [3.05, 3.63) is 79.4 Å². The summed E-state index contributed by atoms with van der Waals surface area (Å²) in [7, 11) is 0. The maximum Gasteiger partial charge on any atom is 0.416 e. The van der Waals surface area contributed by atoms with Crippen LogP contribution in [0.15, 0.2) is 36.7 Å². The lowest BCUT2D eigenvalue weighted by Gasteiger charge is -2.41. The van der Waals surface area contributed by atoms with Crippen LogP contribution in [0.4, 0.5) is 32.3 Å². The Bertz CT molecular complexity index is 1550. The zero-order valence-electron chi connectivity index (χ0n) is 25.7. The molecule has 3 heterocycles. The minimum Gasteiger partial charge on any atom is -0.388 e. The SMILES string of the molecule is CC1(C)Cc2nc(C3CCN(c4ncc(I)cn4)CC3)c(C(F)c3ccc(C(F)(F)F)cc3)c(C3CCC(F)(F)CC3)c2C(O)C1. The van der Waals surface area contributed by atoms with Crippen molar-refractivity contribution in [2.75, 3.05) is 18.0 Å². The van der Waals surface area contributed by atoms with Crippen LogP contribution in [-0.4, -0.2) is 39.1 Å². The second-order valence-corrected chi connectivity index (χ2v) is 15.1. The number of alkyl halides is 6. The van der Waals surface area contributed by atoms with Crippen molar-refractivity contribution in [1.82, 2.24) is 15.0 Å². The summed E-state index contributed by atoms with van der Waals surface area (Å²) in [4.78, 5) is 16.0. The van der Waals surface area contributed by atoms with E-state index in [1.165, 1.54) is 0 Å². The number of halogens is 7. The van der Waals surface area contributed by atoms with Crippen LogP contribution in [0.25, 0.3) is 0 Å². The van der Waals surface area contributed by atoms with E-state index in [1.54, 1.807) is 12.4 Å². The van der Waals surface area contributed by atoms with E-state index >= 15 is 4.39 Å². The lowest BCUT2D eigenvalue weighted by molar-refractivity contribution is -0.137. The monoisotopic (exact) mass is 758 g/mol. The number of piperidine rings is 1. The van der Waals surface area contributed by atoms with Crippen LogP contribution in [0, 0.1) is 8.99 Å². The van der Waals surface area contributed by atoms with Crippen LogP contribution in [0.3, 0.4) is 0 Å². The van der Waals surface area contributed by atoms with Gasteiger partial charge in [0.25, 0.3) is 0 Å². The molecule has 5 nitrogen and oxygen atoms in total. The summed E-state index contributed by atoms with van der Waals surface area (Å²) < 4.78 is 87.0. The molecule has 3 aliphatic rings. The van der Waals surface area contributed by atoms with E-state index in [-0.39, 0.29) is 48.1 Å². The van der Waals surface area contributed by atoms with Crippen molar-refractivity contribution in [2.45, 2.75) is 101 Å². The Labute approximate surface area is 278 Å². The number of aliphatic hydroxyl groups excluding tert-OH is 1. The van der Waals surface area contributed by atoms with E-state index in [9.17, 15) is 27.1 Å². The molecule has 12 heteroatoms. The normalized spacial score (nSPS) is 22.8. The molecular formula is C34H37F6IN4O. The Hall–Kier alpha value is -2.48. The molecule has 1 saturated carbocycles. The first-order chi connectivity index (χ1) is 21.6. The zero-order valence-corrected chi connectivity index (χ0v) is 27.9. The molecule has 0 spiro atoms. The van der Waals surface area contributed by atoms with Gasteiger partial charge < -0.3 is 10.0 Å². The third kappa shape index (κ3) is 6.88. The first-order valence-corrected chi connectivity index (χ1v) is 16.9. The van der Waals surface area contributed by atoms with Crippen molar-refractivity contribution >= 4 is 28.5 Å².